The van der Waals surface area contributed by atoms with Gasteiger partial charge in [0.1, 0.15) is 11.8 Å². The number of nitrogens with one attached hydrogen (secondary N) is 2. The lowest BCUT2D eigenvalue weighted by Gasteiger charge is -2.29. The maximum Gasteiger partial charge on any atom is 0.255 e. The Bertz CT molecular complexity index is 1580. The number of carbonyl (C=O) groups is 1. The van der Waals surface area contributed by atoms with Crippen molar-refractivity contribution in [1.82, 2.24) is 14.8 Å². The number of allylic oxidation sites excluding steroid dienone is 1. The number of fused-ring (bicyclic) bond motifs is 1. The summed E-state index contributed by atoms with van der Waals surface area (Å²) >= 11 is 7.87. The molecule has 4 aromatic rings. The molecule has 0 saturated carbocycles. The van der Waals surface area contributed by atoms with Gasteiger partial charge < -0.3 is 15.4 Å². The normalized spacial score (nSPS) is 14.5. The van der Waals surface area contributed by atoms with Crippen LogP contribution in [0.2, 0.25) is 5.02 Å². The summed E-state index contributed by atoms with van der Waals surface area (Å²) in [7, 11) is 0. The Balaban J connectivity index is 1.52. The van der Waals surface area contributed by atoms with Gasteiger partial charge in [-0.1, -0.05) is 72.8 Å². The van der Waals surface area contributed by atoms with Crippen molar-refractivity contribution in [3.8, 4) is 5.75 Å². The molecule has 40 heavy (non-hydrogen) atoms. The van der Waals surface area contributed by atoms with E-state index >= 15 is 0 Å². The molecule has 2 heterocycles. The summed E-state index contributed by atoms with van der Waals surface area (Å²) in [6, 6.07) is 21.0. The Morgan fingerprint density at radius 1 is 1.10 bits per heavy atom. The predicted octanol–water partition coefficient (Wildman–Crippen LogP) is 7.56. The molecule has 2 N–H and O–H groups in total. The van der Waals surface area contributed by atoms with E-state index in [2.05, 4.69) is 17.6 Å². The van der Waals surface area contributed by atoms with E-state index in [1.165, 1.54) is 11.8 Å². The number of rotatable bonds is 9. The van der Waals surface area contributed by atoms with Gasteiger partial charge in [-0.3, -0.25) is 4.79 Å². The van der Waals surface area contributed by atoms with E-state index in [4.69, 9.17) is 26.4 Å². The van der Waals surface area contributed by atoms with Gasteiger partial charge >= 0.3 is 0 Å². The zero-order valence-electron chi connectivity index (χ0n) is 23.0. The highest BCUT2D eigenvalue weighted by molar-refractivity contribution is 7.98. The molecule has 0 radical (unpaired) electrons. The Kier molecular flexibility index (Phi) is 8.47. The highest BCUT2D eigenvalue weighted by Gasteiger charge is 2.35. The van der Waals surface area contributed by atoms with Gasteiger partial charge in [-0.05, 0) is 73.7 Å². The van der Waals surface area contributed by atoms with Gasteiger partial charge in [0.25, 0.3) is 5.91 Å². The number of amides is 1. The third kappa shape index (κ3) is 5.88. The van der Waals surface area contributed by atoms with Gasteiger partial charge in [-0.25, -0.2) is 4.68 Å². The van der Waals surface area contributed by atoms with Crippen LogP contribution in [0.5, 0.6) is 5.75 Å². The number of anilines is 2. The lowest BCUT2D eigenvalue weighted by Crippen LogP contribution is -2.31. The first-order chi connectivity index (χ1) is 19.4. The minimum Gasteiger partial charge on any atom is -0.494 e. The molecule has 0 spiro atoms. The Labute approximate surface area is 244 Å². The molecule has 5 rings (SSSR count). The molecule has 206 valence electrons. The summed E-state index contributed by atoms with van der Waals surface area (Å²) in [5.41, 5.74) is 6.10. The van der Waals surface area contributed by atoms with Crippen molar-refractivity contribution in [3.63, 3.8) is 0 Å². The summed E-state index contributed by atoms with van der Waals surface area (Å²) in [5.74, 6) is 1.75. The highest BCUT2D eigenvalue weighted by atomic mass is 35.5. The molecule has 0 saturated heterocycles. The van der Waals surface area contributed by atoms with Gasteiger partial charge in [-0.15, -0.1) is 5.10 Å². The summed E-state index contributed by atoms with van der Waals surface area (Å²) in [5, 5.41) is 12.6. The van der Waals surface area contributed by atoms with E-state index in [9.17, 15) is 4.79 Å². The summed E-state index contributed by atoms with van der Waals surface area (Å²) in [6.45, 7) is 8.63. The number of aryl methyl sites for hydroxylation is 1. The second kappa shape index (κ2) is 12.2. The third-order valence-corrected chi connectivity index (χ3v) is 8.15. The van der Waals surface area contributed by atoms with Crippen LogP contribution >= 0.6 is 23.4 Å². The largest absolute Gasteiger partial charge is 0.494 e. The zero-order valence-corrected chi connectivity index (χ0v) is 24.6. The average Bonchev–Trinajstić information content (AvgIpc) is 3.35. The van der Waals surface area contributed by atoms with E-state index < -0.39 is 6.04 Å². The molecule has 1 amide bonds. The van der Waals surface area contributed by atoms with Gasteiger partial charge in [0.2, 0.25) is 11.1 Å². The molecule has 1 aliphatic heterocycles. The van der Waals surface area contributed by atoms with Crippen molar-refractivity contribution in [2.45, 2.75) is 51.1 Å². The monoisotopic (exact) mass is 573 g/mol. The number of thioether (sulfide) groups is 1. The Morgan fingerprint density at radius 3 is 2.70 bits per heavy atom. The minimum absolute atomic E-state index is 0.199. The number of benzene rings is 3. The molecular formula is C31H32ClN5O2S. The van der Waals surface area contributed by atoms with Crippen molar-refractivity contribution < 1.29 is 9.53 Å². The van der Waals surface area contributed by atoms with Crippen LogP contribution in [0, 0.1) is 13.8 Å². The minimum atomic E-state index is -0.506. The van der Waals surface area contributed by atoms with Gasteiger partial charge in [0.15, 0.2) is 0 Å². The number of halogens is 1. The summed E-state index contributed by atoms with van der Waals surface area (Å²) in [6.07, 6.45) is 0.902. The molecule has 0 bridgehead atoms. The first kappa shape index (κ1) is 27.8. The van der Waals surface area contributed by atoms with Crippen molar-refractivity contribution in [1.29, 1.82) is 0 Å². The number of ether oxygens (including phenoxy) is 1. The second-order valence-electron chi connectivity index (χ2n) is 9.73. The first-order valence-corrected chi connectivity index (χ1v) is 14.6. The third-order valence-electron chi connectivity index (χ3n) is 6.89. The molecule has 1 atom stereocenters. The standard InChI is InChI=1S/C31H32ClN5O2S/c1-5-16-39-24-13-9-12-22(17-24)28-27(29(38)34-26-15-8-10-19(2)20(26)3)21(4)33-30-35-31(36-37(28)30)40-18-23-11-6-7-14-25(23)32/h6-15,17,28H,5,16,18H2,1-4H3,(H,34,38)(H,33,35,36). The number of carbonyl (C=O) groups excluding carboxylic acids is 1. The van der Waals surface area contributed by atoms with Crippen LogP contribution < -0.4 is 15.4 Å². The number of nitrogens with zero attached hydrogens (tertiary/aromatic N) is 3. The first-order valence-electron chi connectivity index (χ1n) is 13.3. The van der Waals surface area contributed by atoms with Gasteiger partial charge in [0.05, 0.1) is 12.2 Å². The van der Waals surface area contributed by atoms with Crippen LogP contribution in [-0.2, 0) is 10.5 Å². The van der Waals surface area contributed by atoms with E-state index in [1.54, 1.807) is 4.68 Å². The summed E-state index contributed by atoms with van der Waals surface area (Å²) in [4.78, 5) is 18.7. The molecule has 3 aromatic carbocycles. The Morgan fingerprint density at radius 2 is 1.90 bits per heavy atom. The van der Waals surface area contributed by atoms with E-state index in [0.717, 1.165) is 45.8 Å². The Hall–Kier alpha value is -3.75. The van der Waals surface area contributed by atoms with Crippen molar-refractivity contribution in [2.75, 3.05) is 17.2 Å². The molecule has 0 fully saturated rings. The lowest BCUT2D eigenvalue weighted by molar-refractivity contribution is -0.113. The molecular weight excluding hydrogens is 542 g/mol. The van der Waals surface area contributed by atoms with E-state index in [1.807, 2.05) is 87.5 Å². The van der Waals surface area contributed by atoms with Crippen LogP contribution in [-0.4, -0.2) is 27.3 Å². The summed E-state index contributed by atoms with van der Waals surface area (Å²) < 4.78 is 7.72. The average molecular weight is 574 g/mol. The van der Waals surface area contributed by atoms with Crippen LogP contribution in [0.15, 0.2) is 83.2 Å². The lowest BCUT2D eigenvalue weighted by atomic mass is 9.94. The molecule has 1 aromatic heterocycles. The van der Waals surface area contributed by atoms with E-state index in [0.29, 0.717) is 34.1 Å². The quantitative estimate of drug-likeness (QED) is 0.201. The zero-order chi connectivity index (χ0) is 28.2. The van der Waals surface area contributed by atoms with E-state index in [-0.39, 0.29) is 5.91 Å². The number of aromatic nitrogens is 3. The maximum atomic E-state index is 13.9. The molecule has 9 heteroatoms. The van der Waals surface area contributed by atoms with Crippen LogP contribution in [0.1, 0.15) is 48.6 Å². The fraction of sp³-hybridized carbons (Fsp3) is 0.258. The SMILES string of the molecule is CCCOc1cccc(C2C(C(=O)Nc3cccc(C)c3C)=C(C)Nc3nc(SCc4ccccc4Cl)nn32)c1. The molecule has 1 aliphatic rings. The highest BCUT2D eigenvalue weighted by Crippen LogP contribution is 2.38. The number of hydrogen-bond donors (Lipinski definition) is 2. The molecule has 7 nitrogen and oxygen atoms in total. The van der Waals surface area contributed by atoms with Gasteiger partial charge in [0, 0.05) is 22.2 Å². The smallest absolute Gasteiger partial charge is 0.255 e. The van der Waals surface area contributed by atoms with Crippen LogP contribution in [0.4, 0.5) is 11.6 Å². The van der Waals surface area contributed by atoms with Gasteiger partial charge in [-0.2, -0.15) is 4.98 Å². The maximum absolute atomic E-state index is 13.9. The van der Waals surface area contributed by atoms with Crippen LogP contribution in [0.3, 0.4) is 0 Å². The van der Waals surface area contributed by atoms with Crippen molar-refractivity contribution in [2.24, 2.45) is 0 Å². The molecule has 1 unspecified atom stereocenters. The number of hydrogen-bond acceptors (Lipinski definition) is 6. The van der Waals surface area contributed by atoms with Crippen LogP contribution in [0.25, 0.3) is 0 Å². The van der Waals surface area contributed by atoms with Crippen molar-refractivity contribution in [3.05, 3.63) is 105 Å². The fourth-order valence-corrected chi connectivity index (χ4v) is 5.74. The van der Waals surface area contributed by atoms with Crippen molar-refractivity contribution >= 4 is 40.9 Å². The second-order valence-corrected chi connectivity index (χ2v) is 11.1. The fourth-order valence-electron chi connectivity index (χ4n) is 4.62. The predicted molar refractivity (Wildman–Crippen MR) is 162 cm³/mol. The molecule has 0 aliphatic carbocycles. The topological polar surface area (TPSA) is 81.1 Å².